The van der Waals surface area contributed by atoms with Crippen LogP contribution in [0.1, 0.15) is 35.3 Å². The van der Waals surface area contributed by atoms with Gasteiger partial charge in [0.2, 0.25) is 0 Å². The van der Waals surface area contributed by atoms with Crippen LogP contribution in [0, 0.1) is 0 Å². The molecule has 1 aliphatic heterocycles. The molecule has 4 nitrogen and oxygen atoms in total. The van der Waals surface area contributed by atoms with Gasteiger partial charge in [-0.1, -0.05) is 6.42 Å². The van der Waals surface area contributed by atoms with E-state index >= 15 is 0 Å². The summed E-state index contributed by atoms with van der Waals surface area (Å²) in [6.07, 6.45) is 5.27. The Morgan fingerprint density at radius 3 is 2.62 bits per heavy atom. The number of aromatic nitrogens is 1. The van der Waals surface area contributed by atoms with Gasteiger partial charge in [0.25, 0.3) is 0 Å². The van der Waals surface area contributed by atoms with Gasteiger partial charge in [0, 0.05) is 12.7 Å². The molecule has 0 atom stereocenters. The van der Waals surface area contributed by atoms with E-state index < -0.39 is 5.97 Å². The number of likely N-dealkylation sites (tertiary alicyclic amines) is 1. The van der Waals surface area contributed by atoms with E-state index in [-0.39, 0.29) is 5.56 Å². The summed E-state index contributed by atoms with van der Waals surface area (Å²) in [4.78, 5) is 17.2. The molecule has 0 saturated carbocycles. The average molecular weight is 220 g/mol. The Morgan fingerprint density at radius 1 is 1.31 bits per heavy atom. The molecule has 2 rings (SSSR count). The minimum absolute atomic E-state index is 0.252. The van der Waals surface area contributed by atoms with Gasteiger partial charge in [0.05, 0.1) is 11.3 Å². The van der Waals surface area contributed by atoms with E-state index in [9.17, 15) is 4.79 Å². The third-order valence-electron chi connectivity index (χ3n) is 2.91. The van der Waals surface area contributed by atoms with Gasteiger partial charge < -0.3 is 5.11 Å². The molecule has 1 aliphatic rings. The number of pyridine rings is 1. The fourth-order valence-corrected chi connectivity index (χ4v) is 1.99. The minimum atomic E-state index is -0.919. The molecule has 1 saturated heterocycles. The molecule has 2 heterocycles. The Bertz CT molecular complexity index is 356. The van der Waals surface area contributed by atoms with Crippen LogP contribution in [0.2, 0.25) is 0 Å². The molecule has 86 valence electrons. The second kappa shape index (κ2) is 5.07. The molecule has 0 bridgehead atoms. The summed E-state index contributed by atoms with van der Waals surface area (Å²) in [5.41, 5.74) is 1.20. The highest BCUT2D eigenvalue weighted by Crippen LogP contribution is 2.11. The van der Waals surface area contributed by atoms with Crippen molar-refractivity contribution in [1.29, 1.82) is 0 Å². The predicted molar refractivity (Wildman–Crippen MR) is 60.3 cm³/mol. The third-order valence-corrected chi connectivity index (χ3v) is 2.91. The van der Waals surface area contributed by atoms with E-state index in [0.717, 1.165) is 25.3 Å². The van der Waals surface area contributed by atoms with Gasteiger partial charge in [0.15, 0.2) is 0 Å². The van der Waals surface area contributed by atoms with E-state index in [0.29, 0.717) is 0 Å². The molecule has 1 N–H and O–H groups in total. The summed E-state index contributed by atoms with van der Waals surface area (Å²) < 4.78 is 0. The van der Waals surface area contributed by atoms with E-state index in [1.807, 2.05) is 0 Å². The molecule has 0 aromatic carbocycles. The topological polar surface area (TPSA) is 53.4 Å². The molecule has 0 amide bonds. The maximum atomic E-state index is 10.7. The highest BCUT2D eigenvalue weighted by molar-refractivity contribution is 5.87. The normalized spacial score (nSPS) is 17.2. The Labute approximate surface area is 94.9 Å². The molecule has 0 spiro atoms. The number of nitrogens with zero attached hydrogens (tertiary/aromatic N) is 2. The van der Waals surface area contributed by atoms with Crippen molar-refractivity contribution in [2.75, 3.05) is 13.1 Å². The number of piperidine rings is 1. The van der Waals surface area contributed by atoms with Crippen LogP contribution in [-0.2, 0) is 6.54 Å². The lowest BCUT2D eigenvalue weighted by molar-refractivity contribution is 0.0696. The lowest BCUT2D eigenvalue weighted by Crippen LogP contribution is -2.29. The zero-order chi connectivity index (χ0) is 11.4. The van der Waals surface area contributed by atoms with E-state index in [4.69, 9.17) is 5.11 Å². The number of carbonyl (C=O) groups is 1. The number of hydrogen-bond acceptors (Lipinski definition) is 3. The summed E-state index contributed by atoms with van der Waals surface area (Å²) in [5, 5.41) is 8.75. The SMILES string of the molecule is O=C(O)c1ccc(CN2CCCCC2)nc1. The maximum Gasteiger partial charge on any atom is 0.337 e. The largest absolute Gasteiger partial charge is 0.478 e. The number of carboxylic acid groups (broad SMARTS) is 1. The zero-order valence-electron chi connectivity index (χ0n) is 9.22. The number of aromatic carboxylic acids is 1. The Hall–Kier alpha value is -1.42. The summed E-state index contributed by atoms with van der Waals surface area (Å²) in [6.45, 7) is 3.09. The highest BCUT2D eigenvalue weighted by atomic mass is 16.4. The van der Waals surface area contributed by atoms with Gasteiger partial charge in [-0.05, 0) is 38.1 Å². The van der Waals surface area contributed by atoms with Crippen LogP contribution in [0.25, 0.3) is 0 Å². The molecule has 4 heteroatoms. The lowest BCUT2D eigenvalue weighted by atomic mass is 10.1. The first kappa shape index (κ1) is 11.1. The molecular weight excluding hydrogens is 204 g/mol. The number of carboxylic acids is 1. The van der Waals surface area contributed by atoms with Crippen LogP contribution in [-0.4, -0.2) is 34.0 Å². The van der Waals surface area contributed by atoms with Gasteiger partial charge in [-0.25, -0.2) is 4.79 Å². The summed E-state index contributed by atoms with van der Waals surface area (Å²) in [5.74, 6) is -0.919. The second-order valence-corrected chi connectivity index (χ2v) is 4.18. The first-order valence-corrected chi connectivity index (χ1v) is 5.66. The van der Waals surface area contributed by atoms with Crippen LogP contribution in [0.5, 0.6) is 0 Å². The molecule has 1 fully saturated rings. The van der Waals surface area contributed by atoms with E-state index in [2.05, 4.69) is 9.88 Å². The van der Waals surface area contributed by atoms with E-state index in [1.54, 1.807) is 12.1 Å². The average Bonchev–Trinajstić information content (AvgIpc) is 2.31. The van der Waals surface area contributed by atoms with Crippen LogP contribution >= 0.6 is 0 Å². The Balaban J connectivity index is 1.96. The maximum absolute atomic E-state index is 10.7. The van der Waals surface area contributed by atoms with Crippen LogP contribution in [0.4, 0.5) is 0 Å². The second-order valence-electron chi connectivity index (χ2n) is 4.18. The van der Waals surface area contributed by atoms with Crippen molar-refractivity contribution < 1.29 is 9.90 Å². The predicted octanol–water partition coefficient (Wildman–Crippen LogP) is 1.77. The Morgan fingerprint density at radius 2 is 2.06 bits per heavy atom. The van der Waals surface area contributed by atoms with E-state index in [1.165, 1.54) is 25.5 Å². The van der Waals surface area contributed by atoms with Gasteiger partial charge >= 0.3 is 5.97 Å². The molecule has 1 aromatic heterocycles. The fourth-order valence-electron chi connectivity index (χ4n) is 1.99. The first-order chi connectivity index (χ1) is 7.75. The van der Waals surface area contributed by atoms with Gasteiger partial charge in [-0.2, -0.15) is 0 Å². The van der Waals surface area contributed by atoms with Crippen LogP contribution < -0.4 is 0 Å². The quantitative estimate of drug-likeness (QED) is 0.843. The van der Waals surface area contributed by atoms with Crippen molar-refractivity contribution in [3.8, 4) is 0 Å². The zero-order valence-corrected chi connectivity index (χ0v) is 9.22. The lowest BCUT2D eigenvalue weighted by Gasteiger charge is -2.25. The highest BCUT2D eigenvalue weighted by Gasteiger charge is 2.11. The summed E-state index contributed by atoms with van der Waals surface area (Å²) >= 11 is 0. The molecular formula is C12H16N2O2. The number of rotatable bonds is 3. The van der Waals surface area contributed by atoms with Crippen molar-refractivity contribution in [1.82, 2.24) is 9.88 Å². The van der Waals surface area contributed by atoms with Crippen molar-refractivity contribution in [2.24, 2.45) is 0 Å². The Kier molecular flexibility index (Phi) is 3.51. The van der Waals surface area contributed by atoms with Crippen molar-refractivity contribution >= 4 is 5.97 Å². The van der Waals surface area contributed by atoms with Gasteiger partial charge in [0.1, 0.15) is 0 Å². The number of hydrogen-bond donors (Lipinski definition) is 1. The van der Waals surface area contributed by atoms with Crippen LogP contribution in [0.15, 0.2) is 18.3 Å². The first-order valence-electron chi connectivity index (χ1n) is 5.66. The fraction of sp³-hybridized carbons (Fsp3) is 0.500. The molecule has 0 radical (unpaired) electrons. The van der Waals surface area contributed by atoms with Gasteiger partial charge in [-0.15, -0.1) is 0 Å². The molecule has 16 heavy (non-hydrogen) atoms. The summed E-state index contributed by atoms with van der Waals surface area (Å²) in [6, 6.07) is 3.42. The minimum Gasteiger partial charge on any atom is -0.478 e. The molecule has 0 aliphatic carbocycles. The van der Waals surface area contributed by atoms with Crippen molar-refractivity contribution in [3.05, 3.63) is 29.6 Å². The molecule has 0 unspecified atom stereocenters. The van der Waals surface area contributed by atoms with Crippen molar-refractivity contribution in [2.45, 2.75) is 25.8 Å². The van der Waals surface area contributed by atoms with Crippen LogP contribution in [0.3, 0.4) is 0 Å². The standard InChI is InChI=1S/C12H16N2O2/c15-12(16)10-4-5-11(13-8-10)9-14-6-2-1-3-7-14/h4-5,8H,1-3,6-7,9H2,(H,15,16). The third kappa shape index (κ3) is 2.79. The summed E-state index contributed by atoms with van der Waals surface area (Å²) in [7, 11) is 0. The monoisotopic (exact) mass is 220 g/mol. The molecule has 1 aromatic rings. The van der Waals surface area contributed by atoms with Gasteiger partial charge in [-0.3, -0.25) is 9.88 Å². The van der Waals surface area contributed by atoms with Crippen molar-refractivity contribution in [3.63, 3.8) is 0 Å². The smallest absolute Gasteiger partial charge is 0.337 e.